The third-order valence-electron chi connectivity index (χ3n) is 3.35. The molecule has 1 heterocycles. The van der Waals surface area contributed by atoms with E-state index in [2.05, 4.69) is 10.4 Å². The lowest BCUT2D eigenvalue weighted by molar-refractivity contribution is -0.116. The number of aromatic nitrogens is 2. The topological polar surface area (TPSA) is 56.1 Å². The van der Waals surface area contributed by atoms with Gasteiger partial charge in [-0.15, -0.1) is 0 Å². The summed E-state index contributed by atoms with van der Waals surface area (Å²) >= 11 is 0. The molecule has 1 amide bonds. The van der Waals surface area contributed by atoms with Crippen LogP contribution in [0.3, 0.4) is 0 Å². The first-order chi connectivity index (χ1) is 10.6. The van der Waals surface area contributed by atoms with Gasteiger partial charge >= 0.3 is 0 Å². The van der Waals surface area contributed by atoms with Crippen molar-refractivity contribution in [2.45, 2.75) is 13.8 Å². The summed E-state index contributed by atoms with van der Waals surface area (Å²) in [7, 11) is 1.60. The van der Waals surface area contributed by atoms with Crippen LogP contribution in [0.1, 0.15) is 17.0 Å². The summed E-state index contributed by atoms with van der Waals surface area (Å²) in [5, 5.41) is 7.30. The van der Waals surface area contributed by atoms with E-state index in [0.717, 1.165) is 22.6 Å². The summed E-state index contributed by atoms with van der Waals surface area (Å²) in [6, 6.07) is 9.93. The maximum atomic E-state index is 11.7. The van der Waals surface area contributed by atoms with E-state index in [1.54, 1.807) is 13.2 Å². The van der Waals surface area contributed by atoms with Gasteiger partial charge in [-0.25, -0.2) is 4.68 Å². The lowest BCUT2D eigenvalue weighted by atomic mass is 10.2. The molecule has 0 radical (unpaired) electrons. The molecule has 0 aliphatic carbocycles. The summed E-state index contributed by atoms with van der Waals surface area (Å²) in [5.74, 6) is -0.136. The molecule has 1 aromatic carbocycles. The van der Waals surface area contributed by atoms with Crippen LogP contribution < -0.4 is 5.32 Å². The second-order valence-electron chi connectivity index (χ2n) is 4.95. The highest BCUT2D eigenvalue weighted by Gasteiger charge is 2.10. The molecule has 1 N–H and O–H groups in total. The molecule has 0 bridgehead atoms. The molecular formula is C17H21N3O2. The minimum Gasteiger partial charge on any atom is -0.383 e. The zero-order valence-corrected chi connectivity index (χ0v) is 13.2. The number of ether oxygens (including phenoxy) is 1. The van der Waals surface area contributed by atoms with Gasteiger partial charge in [0.05, 0.1) is 18.0 Å². The van der Waals surface area contributed by atoms with E-state index in [9.17, 15) is 4.79 Å². The molecule has 22 heavy (non-hydrogen) atoms. The largest absolute Gasteiger partial charge is 0.383 e. The van der Waals surface area contributed by atoms with Gasteiger partial charge < -0.3 is 10.1 Å². The molecule has 0 atom stereocenters. The van der Waals surface area contributed by atoms with Crippen molar-refractivity contribution in [1.29, 1.82) is 0 Å². The third kappa shape index (κ3) is 3.83. The van der Waals surface area contributed by atoms with Gasteiger partial charge in [0.2, 0.25) is 5.91 Å². The number of carbonyl (C=O) groups is 1. The molecular weight excluding hydrogens is 278 g/mol. The molecule has 0 spiro atoms. The van der Waals surface area contributed by atoms with Crippen molar-refractivity contribution in [2.24, 2.45) is 0 Å². The molecule has 116 valence electrons. The second-order valence-corrected chi connectivity index (χ2v) is 4.95. The van der Waals surface area contributed by atoms with E-state index in [1.807, 2.05) is 48.9 Å². The molecule has 1 aromatic heterocycles. The standard InChI is InChI=1S/C17H21N3O2/c1-13-16(9-10-17(21)18-11-12-22-3)14(2)20(19-13)15-7-5-4-6-8-15/h4-10H,11-12H2,1-3H3,(H,18,21)/b10-9+. The van der Waals surface area contributed by atoms with E-state index in [-0.39, 0.29) is 5.91 Å². The lowest BCUT2D eigenvalue weighted by Crippen LogP contribution is -2.24. The summed E-state index contributed by atoms with van der Waals surface area (Å²) in [5.41, 5.74) is 3.87. The Morgan fingerprint density at radius 3 is 2.73 bits per heavy atom. The van der Waals surface area contributed by atoms with Gasteiger partial charge in [0.1, 0.15) is 0 Å². The zero-order valence-electron chi connectivity index (χ0n) is 13.2. The number of hydrogen-bond acceptors (Lipinski definition) is 3. The van der Waals surface area contributed by atoms with Gasteiger partial charge in [0.25, 0.3) is 0 Å². The van der Waals surface area contributed by atoms with E-state index in [1.165, 1.54) is 6.08 Å². The number of amides is 1. The first kappa shape index (κ1) is 16.0. The summed E-state index contributed by atoms with van der Waals surface area (Å²) in [6.07, 6.45) is 3.33. The highest BCUT2D eigenvalue weighted by molar-refractivity contribution is 5.92. The third-order valence-corrected chi connectivity index (χ3v) is 3.35. The van der Waals surface area contributed by atoms with Gasteiger partial charge in [0.15, 0.2) is 0 Å². The Morgan fingerprint density at radius 1 is 1.32 bits per heavy atom. The Kier molecular flexibility index (Phi) is 5.49. The van der Waals surface area contributed by atoms with Gasteiger partial charge in [-0.1, -0.05) is 18.2 Å². The van der Waals surface area contributed by atoms with Crippen LogP contribution in [0, 0.1) is 13.8 Å². The van der Waals surface area contributed by atoms with Crippen LogP contribution in [0.2, 0.25) is 0 Å². The van der Waals surface area contributed by atoms with Crippen LogP contribution in [0.15, 0.2) is 36.4 Å². The van der Waals surface area contributed by atoms with Crippen LogP contribution >= 0.6 is 0 Å². The van der Waals surface area contributed by atoms with Crippen LogP contribution in [0.25, 0.3) is 11.8 Å². The Morgan fingerprint density at radius 2 is 2.05 bits per heavy atom. The van der Waals surface area contributed by atoms with E-state index < -0.39 is 0 Å². The first-order valence-corrected chi connectivity index (χ1v) is 7.20. The lowest BCUT2D eigenvalue weighted by Gasteiger charge is -2.03. The van der Waals surface area contributed by atoms with Gasteiger partial charge in [-0.05, 0) is 32.1 Å². The Hall–Kier alpha value is -2.40. The highest BCUT2D eigenvalue weighted by Crippen LogP contribution is 2.18. The minimum absolute atomic E-state index is 0.136. The van der Waals surface area contributed by atoms with Crippen LogP contribution in [-0.2, 0) is 9.53 Å². The Balaban J connectivity index is 2.16. The van der Waals surface area contributed by atoms with Crippen molar-refractivity contribution < 1.29 is 9.53 Å². The number of nitrogens with zero attached hydrogens (tertiary/aromatic N) is 2. The minimum atomic E-state index is -0.136. The molecule has 2 aromatic rings. The van der Waals surface area contributed by atoms with Gasteiger partial charge in [0, 0.05) is 31.0 Å². The predicted molar refractivity (Wildman–Crippen MR) is 87.0 cm³/mol. The fourth-order valence-electron chi connectivity index (χ4n) is 2.21. The first-order valence-electron chi connectivity index (χ1n) is 7.20. The van der Waals surface area contributed by atoms with Crippen molar-refractivity contribution >= 4 is 12.0 Å². The van der Waals surface area contributed by atoms with Crippen LogP contribution in [0.4, 0.5) is 0 Å². The van der Waals surface area contributed by atoms with Gasteiger partial charge in [-0.2, -0.15) is 5.10 Å². The van der Waals surface area contributed by atoms with Gasteiger partial charge in [-0.3, -0.25) is 4.79 Å². The predicted octanol–water partition coefficient (Wildman–Crippen LogP) is 2.26. The van der Waals surface area contributed by atoms with Crippen LogP contribution in [-0.4, -0.2) is 35.9 Å². The SMILES string of the molecule is COCCNC(=O)/C=C/c1c(C)nn(-c2ccccc2)c1C. The number of methoxy groups -OCH3 is 1. The molecule has 0 aliphatic rings. The average molecular weight is 299 g/mol. The Bertz CT molecular complexity index is 660. The zero-order chi connectivity index (χ0) is 15.9. The maximum Gasteiger partial charge on any atom is 0.244 e. The van der Waals surface area contributed by atoms with E-state index in [0.29, 0.717) is 13.2 Å². The molecule has 0 aliphatic heterocycles. The fraction of sp³-hybridized carbons (Fsp3) is 0.294. The number of benzene rings is 1. The monoisotopic (exact) mass is 299 g/mol. The number of para-hydroxylation sites is 1. The highest BCUT2D eigenvalue weighted by atomic mass is 16.5. The quantitative estimate of drug-likeness (QED) is 0.657. The van der Waals surface area contributed by atoms with E-state index in [4.69, 9.17) is 4.74 Å². The van der Waals surface area contributed by atoms with Crippen molar-refractivity contribution in [3.05, 3.63) is 53.4 Å². The Labute approximate surface area is 130 Å². The molecule has 0 saturated heterocycles. The molecule has 2 rings (SSSR count). The number of nitrogens with one attached hydrogen (secondary N) is 1. The second kappa shape index (κ2) is 7.56. The van der Waals surface area contributed by atoms with E-state index >= 15 is 0 Å². The van der Waals surface area contributed by atoms with Crippen molar-refractivity contribution in [2.75, 3.05) is 20.3 Å². The molecule has 5 nitrogen and oxygen atoms in total. The normalized spacial score (nSPS) is 11.0. The molecule has 0 saturated carbocycles. The number of aryl methyl sites for hydroxylation is 1. The molecule has 0 unspecified atom stereocenters. The fourth-order valence-corrected chi connectivity index (χ4v) is 2.21. The molecule has 0 fully saturated rings. The number of hydrogen-bond donors (Lipinski definition) is 1. The summed E-state index contributed by atoms with van der Waals surface area (Å²) < 4.78 is 6.78. The number of rotatable bonds is 6. The summed E-state index contributed by atoms with van der Waals surface area (Å²) in [4.78, 5) is 11.7. The van der Waals surface area contributed by atoms with Crippen molar-refractivity contribution in [1.82, 2.24) is 15.1 Å². The number of carbonyl (C=O) groups excluding carboxylic acids is 1. The molecule has 5 heteroatoms. The summed E-state index contributed by atoms with van der Waals surface area (Å²) in [6.45, 7) is 4.94. The van der Waals surface area contributed by atoms with Crippen LogP contribution in [0.5, 0.6) is 0 Å². The average Bonchev–Trinajstić information content (AvgIpc) is 2.81. The smallest absolute Gasteiger partial charge is 0.244 e. The maximum absolute atomic E-state index is 11.7. The van der Waals surface area contributed by atoms with Crippen molar-refractivity contribution in [3.8, 4) is 5.69 Å². The van der Waals surface area contributed by atoms with Crippen molar-refractivity contribution in [3.63, 3.8) is 0 Å².